The second kappa shape index (κ2) is 8.04. The Morgan fingerprint density at radius 3 is 2.23 bits per heavy atom. The molecule has 0 bridgehead atoms. The number of carbonyl (C=O) groups is 1. The SMILES string of the molecule is O=Cc1cccc([N+](=O)[O-])c1.O=P(O)(O)Oc1ccccc1. The van der Waals surface area contributed by atoms with Crippen LogP contribution in [0.3, 0.4) is 0 Å². The molecule has 22 heavy (non-hydrogen) atoms. The number of rotatable bonds is 4. The van der Waals surface area contributed by atoms with E-state index in [1.54, 1.807) is 18.2 Å². The summed E-state index contributed by atoms with van der Waals surface area (Å²) in [6, 6.07) is 13.5. The van der Waals surface area contributed by atoms with Crippen LogP contribution in [0.25, 0.3) is 0 Å². The highest BCUT2D eigenvalue weighted by Crippen LogP contribution is 2.36. The quantitative estimate of drug-likeness (QED) is 0.383. The predicted octanol–water partition coefficient (Wildman–Crippen LogP) is 2.57. The maximum absolute atomic E-state index is 10.3. The van der Waals surface area contributed by atoms with Crippen molar-refractivity contribution < 1.29 is 28.6 Å². The molecule has 0 aromatic heterocycles. The van der Waals surface area contributed by atoms with Crippen LogP contribution in [0, 0.1) is 10.1 Å². The fourth-order valence-electron chi connectivity index (χ4n) is 1.33. The molecule has 9 heteroatoms. The molecule has 2 aromatic carbocycles. The highest BCUT2D eigenvalue weighted by atomic mass is 31.2. The molecule has 0 heterocycles. The largest absolute Gasteiger partial charge is 0.524 e. The molecule has 0 saturated heterocycles. The van der Waals surface area contributed by atoms with Crippen LogP contribution in [0.15, 0.2) is 54.6 Å². The fourth-order valence-corrected chi connectivity index (χ4v) is 1.73. The van der Waals surface area contributed by atoms with Crippen molar-refractivity contribution in [1.29, 1.82) is 0 Å². The molecule has 2 N–H and O–H groups in total. The van der Waals surface area contributed by atoms with Crippen molar-refractivity contribution in [2.75, 3.05) is 0 Å². The molecule has 0 fully saturated rings. The van der Waals surface area contributed by atoms with Crippen LogP contribution in [-0.4, -0.2) is 21.0 Å². The molecule has 2 rings (SSSR count). The Hall–Kier alpha value is -2.54. The summed E-state index contributed by atoms with van der Waals surface area (Å²) in [4.78, 5) is 36.5. The summed E-state index contributed by atoms with van der Waals surface area (Å²) >= 11 is 0. The number of phosphoric ester groups is 1. The summed E-state index contributed by atoms with van der Waals surface area (Å²) in [6.07, 6.45) is 0.576. The van der Waals surface area contributed by atoms with E-state index in [4.69, 9.17) is 9.79 Å². The third-order valence-corrected chi connectivity index (χ3v) is 2.63. The first-order chi connectivity index (χ1) is 10.3. The molecular weight excluding hydrogens is 313 g/mol. The highest BCUT2D eigenvalue weighted by Gasteiger charge is 2.14. The van der Waals surface area contributed by atoms with Crippen molar-refractivity contribution in [3.05, 3.63) is 70.3 Å². The second-order valence-electron chi connectivity index (χ2n) is 3.86. The molecule has 0 atom stereocenters. The number of aldehydes is 1. The average Bonchev–Trinajstić information content (AvgIpc) is 2.47. The first-order valence-corrected chi connectivity index (χ1v) is 7.34. The fraction of sp³-hybridized carbons (Fsp3) is 0. The van der Waals surface area contributed by atoms with Crippen LogP contribution in [0.1, 0.15) is 10.4 Å². The van der Waals surface area contributed by atoms with E-state index in [1.807, 2.05) is 0 Å². The molecule has 0 radical (unpaired) electrons. The number of hydrogen-bond acceptors (Lipinski definition) is 5. The van der Waals surface area contributed by atoms with Crippen molar-refractivity contribution in [2.24, 2.45) is 0 Å². The summed E-state index contributed by atoms with van der Waals surface area (Å²) in [6.45, 7) is 0. The molecule has 0 amide bonds. The maximum Gasteiger partial charge on any atom is 0.524 e. The molecule has 0 spiro atoms. The standard InChI is InChI=1S/C7H5NO3.C6H7O4P/c9-5-6-2-1-3-7(4-6)8(10)11;7-11(8,9)10-6-4-2-1-3-5-6/h1-5H;1-5H,(H2,7,8,9). The summed E-state index contributed by atoms with van der Waals surface area (Å²) in [5, 5.41) is 10.2. The number of nitro groups is 1. The highest BCUT2D eigenvalue weighted by molar-refractivity contribution is 7.46. The first kappa shape index (κ1) is 17.5. The van der Waals surface area contributed by atoms with Crippen LogP contribution in [0.4, 0.5) is 5.69 Å². The zero-order valence-electron chi connectivity index (χ0n) is 11.1. The van der Waals surface area contributed by atoms with E-state index in [9.17, 15) is 19.5 Å². The van der Waals surface area contributed by atoms with Gasteiger partial charge in [0, 0.05) is 17.7 Å². The Labute approximate surface area is 125 Å². The lowest BCUT2D eigenvalue weighted by Gasteiger charge is -2.04. The number of hydrogen-bond donors (Lipinski definition) is 2. The van der Waals surface area contributed by atoms with Crippen LogP contribution >= 0.6 is 7.82 Å². The van der Waals surface area contributed by atoms with Crippen LogP contribution < -0.4 is 4.52 Å². The summed E-state index contributed by atoms with van der Waals surface area (Å²) < 4.78 is 14.5. The van der Waals surface area contributed by atoms with E-state index < -0.39 is 12.7 Å². The summed E-state index contributed by atoms with van der Waals surface area (Å²) in [5.41, 5.74) is 0.258. The second-order valence-corrected chi connectivity index (χ2v) is 5.03. The van der Waals surface area contributed by atoms with Gasteiger partial charge >= 0.3 is 7.82 Å². The van der Waals surface area contributed by atoms with Gasteiger partial charge in [-0.2, -0.15) is 0 Å². The molecule has 0 aliphatic carbocycles. The third kappa shape index (κ3) is 6.76. The Morgan fingerprint density at radius 2 is 1.73 bits per heavy atom. The molecule has 0 aliphatic heterocycles. The van der Waals surface area contributed by atoms with Gasteiger partial charge in [-0.25, -0.2) is 4.57 Å². The lowest BCUT2D eigenvalue weighted by molar-refractivity contribution is -0.384. The molecule has 2 aromatic rings. The van der Waals surface area contributed by atoms with Crippen LogP contribution in [0.5, 0.6) is 5.75 Å². The van der Waals surface area contributed by atoms with Gasteiger partial charge in [0.15, 0.2) is 0 Å². The van der Waals surface area contributed by atoms with Crippen molar-refractivity contribution in [2.45, 2.75) is 0 Å². The maximum atomic E-state index is 10.3. The smallest absolute Gasteiger partial charge is 0.404 e. The van der Waals surface area contributed by atoms with E-state index in [1.165, 1.54) is 36.4 Å². The Kier molecular flexibility index (Phi) is 6.40. The number of benzene rings is 2. The van der Waals surface area contributed by atoms with Gasteiger partial charge in [-0.15, -0.1) is 0 Å². The Balaban J connectivity index is 0.000000220. The van der Waals surface area contributed by atoms with E-state index in [2.05, 4.69) is 4.52 Å². The zero-order valence-corrected chi connectivity index (χ0v) is 12.0. The van der Waals surface area contributed by atoms with Gasteiger partial charge in [0.05, 0.1) is 4.92 Å². The summed E-state index contributed by atoms with van der Waals surface area (Å²) in [5.74, 6) is 0.167. The van der Waals surface area contributed by atoms with Gasteiger partial charge in [-0.05, 0) is 12.1 Å². The minimum Gasteiger partial charge on any atom is -0.404 e. The van der Waals surface area contributed by atoms with Crippen LogP contribution in [-0.2, 0) is 4.57 Å². The first-order valence-electron chi connectivity index (χ1n) is 5.81. The molecule has 0 saturated carbocycles. The monoisotopic (exact) mass is 325 g/mol. The summed E-state index contributed by atoms with van der Waals surface area (Å²) in [7, 11) is -4.39. The minimum atomic E-state index is -4.39. The number of carbonyl (C=O) groups excluding carboxylic acids is 1. The van der Waals surface area contributed by atoms with Gasteiger partial charge in [-0.1, -0.05) is 30.3 Å². The van der Waals surface area contributed by atoms with Crippen LogP contribution in [0.2, 0.25) is 0 Å². The average molecular weight is 325 g/mol. The van der Waals surface area contributed by atoms with E-state index in [-0.39, 0.29) is 11.4 Å². The zero-order chi connectivity index (χ0) is 16.6. The van der Waals surface area contributed by atoms with Gasteiger partial charge in [0.2, 0.25) is 0 Å². The molecular formula is C13H12NO7P. The lowest BCUT2D eigenvalue weighted by atomic mass is 10.2. The van der Waals surface area contributed by atoms with Gasteiger partial charge in [0.25, 0.3) is 5.69 Å². The number of para-hydroxylation sites is 1. The number of phosphoric acid groups is 1. The Morgan fingerprint density at radius 1 is 1.09 bits per heavy atom. The topological polar surface area (TPSA) is 127 Å². The van der Waals surface area contributed by atoms with Crippen molar-refractivity contribution in [3.8, 4) is 5.75 Å². The number of nitro benzene ring substituents is 1. The molecule has 8 nitrogen and oxygen atoms in total. The number of non-ortho nitro benzene ring substituents is 1. The van der Waals surface area contributed by atoms with E-state index in [0.29, 0.717) is 11.8 Å². The molecule has 0 unspecified atom stereocenters. The van der Waals surface area contributed by atoms with Gasteiger partial charge < -0.3 is 4.52 Å². The lowest BCUT2D eigenvalue weighted by Crippen LogP contribution is -1.88. The molecule has 0 aliphatic rings. The number of nitrogens with zero attached hydrogens (tertiary/aromatic N) is 1. The third-order valence-electron chi connectivity index (χ3n) is 2.18. The van der Waals surface area contributed by atoms with Gasteiger partial charge in [-0.3, -0.25) is 24.7 Å². The van der Waals surface area contributed by atoms with E-state index >= 15 is 0 Å². The minimum absolute atomic E-state index is 0.0606. The van der Waals surface area contributed by atoms with Crippen molar-refractivity contribution >= 4 is 19.8 Å². The molecule has 116 valence electrons. The Bertz CT molecular complexity index is 684. The predicted molar refractivity (Wildman–Crippen MR) is 77.6 cm³/mol. The van der Waals surface area contributed by atoms with E-state index in [0.717, 1.165) is 0 Å². The van der Waals surface area contributed by atoms with Crippen molar-refractivity contribution in [3.63, 3.8) is 0 Å². The van der Waals surface area contributed by atoms with Crippen molar-refractivity contribution in [1.82, 2.24) is 0 Å². The normalized spacial score (nSPS) is 10.1. The van der Waals surface area contributed by atoms with Gasteiger partial charge in [0.1, 0.15) is 12.0 Å².